The average Bonchev–Trinajstić information content (AvgIpc) is 3.23. The van der Waals surface area contributed by atoms with E-state index in [9.17, 15) is 4.79 Å². The van der Waals surface area contributed by atoms with Gasteiger partial charge in [0.2, 0.25) is 0 Å². The maximum absolute atomic E-state index is 12.7. The maximum Gasteiger partial charge on any atom is 0.270 e. The van der Waals surface area contributed by atoms with Crippen LogP contribution in [-0.4, -0.2) is 22.4 Å². The van der Waals surface area contributed by atoms with Crippen LogP contribution in [0.25, 0.3) is 0 Å². The van der Waals surface area contributed by atoms with Crippen LogP contribution in [0, 0.1) is 6.92 Å². The van der Waals surface area contributed by atoms with Crippen molar-refractivity contribution in [2.24, 2.45) is 0 Å². The van der Waals surface area contributed by atoms with Crippen molar-refractivity contribution in [2.75, 3.05) is 12.8 Å². The third-order valence-electron chi connectivity index (χ3n) is 4.04. The molecule has 2 N–H and O–H groups in total. The van der Waals surface area contributed by atoms with Gasteiger partial charge in [-0.2, -0.15) is 0 Å². The van der Waals surface area contributed by atoms with E-state index in [0.29, 0.717) is 24.0 Å². The highest BCUT2D eigenvalue weighted by atomic mass is 16.2. The van der Waals surface area contributed by atoms with Crippen molar-refractivity contribution < 1.29 is 4.79 Å². The van der Waals surface area contributed by atoms with Gasteiger partial charge in [0, 0.05) is 25.8 Å². The number of amides is 1. The highest BCUT2D eigenvalue weighted by Gasteiger charge is 2.28. The summed E-state index contributed by atoms with van der Waals surface area (Å²) in [6.45, 7) is 2.68. The van der Waals surface area contributed by atoms with Crippen molar-refractivity contribution in [3.05, 3.63) is 53.3 Å². The first kappa shape index (κ1) is 13.7. The molecule has 2 aromatic rings. The fraction of sp³-hybridized carbons (Fsp3) is 0.353. The van der Waals surface area contributed by atoms with E-state index < -0.39 is 0 Å². The van der Waals surface area contributed by atoms with Gasteiger partial charge in [-0.15, -0.1) is 0 Å². The number of hydrogen-bond acceptors (Lipinski definition) is 2. The van der Waals surface area contributed by atoms with Crippen molar-refractivity contribution in [3.63, 3.8) is 0 Å². The molecule has 0 bridgehead atoms. The minimum absolute atomic E-state index is 0.0295. The van der Waals surface area contributed by atoms with Gasteiger partial charge in [-0.05, 0) is 37.0 Å². The Labute approximate surface area is 125 Å². The molecule has 4 nitrogen and oxygen atoms in total. The monoisotopic (exact) mass is 283 g/mol. The van der Waals surface area contributed by atoms with E-state index >= 15 is 0 Å². The Bertz CT molecular complexity index is 670. The molecule has 1 aliphatic carbocycles. The second-order valence-corrected chi connectivity index (χ2v) is 5.88. The van der Waals surface area contributed by atoms with Gasteiger partial charge < -0.3 is 15.2 Å². The summed E-state index contributed by atoms with van der Waals surface area (Å²) in [5.74, 6) is 0.0295. The average molecular weight is 283 g/mol. The fourth-order valence-corrected chi connectivity index (χ4v) is 2.64. The lowest BCUT2D eigenvalue weighted by Gasteiger charge is -2.19. The summed E-state index contributed by atoms with van der Waals surface area (Å²) in [5, 5.41) is 0. The number of hydrogen-bond donors (Lipinski definition) is 1. The second kappa shape index (κ2) is 5.28. The van der Waals surface area contributed by atoms with Crippen LogP contribution in [0.1, 0.15) is 40.5 Å². The molecule has 1 aromatic heterocycles. The molecular weight excluding hydrogens is 262 g/mol. The van der Waals surface area contributed by atoms with Gasteiger partial charge in [0.15, 0.2) is 0 Å². The Morgan fingerprint density at radius 3 is 2.76 bits per heavy atom. The summed E-state index contributed by atoms with van der Waals surface area (Å²) >= 11 is 0. The Balaban J connectivity index is 1.80. The van der Waals surface area contributed by atoms with Gasteiger partial charge in [0.1, 0.15) is 5.69 Å². The summed E-state index contributed by atoms with van der Waals surface area (Å²) in [4.78, 5) is 14.4. The number of nitrogen functional groups attached to an aromatic ring is 1. The van der Waals surface area contributed by atoms with Gasteiger partial charge in [-0.1, -0.05) is 24.3 Å². The summed E-state index contributed by atoms with van der Waals surface area (Å²) in [6.07, 6.45) is 4.15. The molecule has 0 unspecified atom stereocenters. The van der Waals surface area contributed by atoms with Crippen LogP contribution in [0.5, 0.6) is 0 Å². The predicted octanol–water partition coefficient (Wildman–Crippen LogP) is 2.99. The molecule has 1 heterocycles. The Morgan fingerprint density at radius 1 is 1.38 bits per heavy atom. The third kappa shape index (κ3) is 2.79. The normalized spacial score (nSPS) is 14.2. The van der Waals surface area contributed by atoms with E-state index in [2.05, 4.69) is 19.1 Å². The number of carbonyl (C=O) groups is 1. The first-order valence-electron chi connectivity index (χ1n) is 7.33. The second-order valence-electron chi connectivity index (χ2n) is 5.88. The molecule has 4 heteroatoms. The predicted molar refractivity (Wildman–Crippen MR) is 84.1 cm³/mol. The van der Waals surface area contributed by atoms with E-state index in [-0.39, 0.29) is 5.91 Å². The molecule has 0 saturated heterocycles. The summed E-state index contributed by atoms with van der Waals surface area (Å²) in [6, 6.07) is 10.4. The minimum Gasteiger partial charge on any atom is -0.397 e. The number of rotatable bonds is 4. The van der Waals surface area contributed by atoms with Crippen LogP contribution in [0.15, 0.2) is 36.5 Å². The molecule has 110 valence electrons. The van der Waals surface area contributed by atoms with Crippen molar-refractivity contribution >= 4 is 11.6 Å². The SMILES string of the molecule is Cc1ccccc1CN(C)C(=O)c1cc(N)cn1C1CC1. The van der Waals surface area contributed by atoms with E-state index in [1.165, 1.54) is 11.1 Å². The molecule has 0 radical (unpaired) electrons. The topological polar surface area (TPSA) is 51.3 Å². The molecule has 1 saturated carbocycles. The van der Waals surface area contributed by atoms with Gasteiger partial charge in [0.25, 0.3) is 5.91 Å². The van der Waals surface area contributed by atoms with Crippen LogP contribution in [0.2, 0.25) is 0 Å². The van der Waals surface area contributed by atoms with E-state index in [4.69, 9.17) is 5.73 Å². The first-order valence-corrected chi connectivity index (χ1v) is 7.33. The van der Waals surface area contributed by atoms with Gasteiger partial charge in [0.05, 0.1) is 5.69 Å². The zero-order chi connectivity index (χ0) is 15.0. The molecule has 1 amide bonds. The van der Waals surface area contributed by atoms with Crippen molar-refractivity contribution in [3.8, 4) is 0 Å². The largest absolute Gasteiger partial charge is 0.397 e. The molecule has 21 heavy (non-hydrogen) atoms. The molecule has 0 atom stereocenters. The Hall–Kier alpha value is -2.23. The number of aryl methyl sites for hydroxylation is 1. The zero-order valence-corrected chi connectivity index (χ0v) is 12.5. The molecule has 3 rings (SSSR count). The first-order chi connectivity index (χ1) is 10.1. The highest BCUT2D eigenvalue weighted by molar-refractivity contribution is 5.93. The minimum atomic E-state index is 0.0295. The molecule has 0 spiro atoms. The van der Waals surface area contributed by atoms with Crippen LogP contribution in [0.4, 0.5) is 5.69 Å². The summed E-state index contributed by atoms with van der Waals surface area (Å²) < 4.78 is 2.03. The number of nitrogens with zero attached hydrogens (tertiary/aromatic N) is 2. The standard InChI is InChI=1S/C17H21N3O/c1-12-5-3-4-6-13(12)10-19(2)17(21)16-9-14(18)11-20(16)15-7-8-15/h3-6,9,11,15H,7-8,10,18H2,1-2H3. The highest BCUT2D eigenvalue weighted by Crippen LogP contribution is 2.37. The number of aromatic nitrogens is 1. The quantitative estimate of drug-likeness (QED) is 0.937. The molecule has 1 aromatic carbocycles. The van der Waals surface area contributed by atoms with Crippen molar-refractivity contribution in [2.45, 2.75) is 32.4 Å². The van der Waals surface area contributed by atoms with Gasteiger partial charge in [-0.3, -0.25) is 4.79 Å². The Kier molecular flexibility index (Phi) is 3.45. The number of nitrogens with two attached hydrogens (primary N) is 1. The lowest BCUT2D eigenvalue weighted by atomic mass is 10.1. The number of carbonyl (C=O) groups excluding carboxylic acids is 1. The third-order valence-corrected chi connectivity index (χ3v) is 4.04. The van der Waals surface area contributed by atoms with Crippen LogP contribution >= 0.6 is 0 Å². The van der Waals surface area contributed by atoms with Crippen LogP contribution < -0.4 is 5.73 Å². The fourth-order valence-electron chi connectivity index (χ4n) is 2.64. The van der Waals surface area contributed by atoms with Crippen molar-refractivity contribution in [1.82, 2.24) is 9.47 Å². The van der Waals surface area contributed by atoms with E-state index in [1.54, 1.807) is 11.0 Å². The number of benzene rings is 1. The van der Waals surface area contributed by atoms with Gasteiger partial charge in [-0.25, -0.2) is 0 Å². The Morgan fingerprint density at radius 2 is 2.10 bits per heavy atom. The molecule has 0 aliphatic heterocycles. The smallest absolute Gasteiger partial charge is 0.270 e. The lowest BCUT2D eigenvalue weighted by Crippen LogP contribution is -2.28. The van der Waals surface area contributed by atoms with E-state index in [0.717, 1.165) is 12.8 Å². The summed E-state index contributed by atoms with van der Waals surface area (Å²) in [7, 11) is 1.84. The summed E-state index contributed by atoms with van der Waals surface area (Å²) in [5.41, 5.74) is 9.60. The molecule has 1 aliphatic rings. The van der Waals surface area contributed by atoms with E-state index in [1.807, 2.05) is 29.9 Å². The zero-order valence-electron chi connectivity index (χ0n) is 12.5. The molecule has 1 fully saturated rings. The lowest BCUT2D eigenvalue weighted by molar-refractivity contribution is 0.0774. The van der Waals surface area contributed by atoms with Gasteiger partial charge >= 0.3 is 0 Å². The molecular formula is C17H21N3O. The van der Waals surface area contributed by atoms with Crippen LogP contribution in [-0.2, 0) is 6.54 Å². The maximum atomic E-state index is 12.7. The van der Waals surface area contributed by atoms with Crippen LogP contribution in [0.3, 0.4) is 0 Å². The number of anilines is 1. The van der Waals surface area contributed by atoms with Crippen molar-refractivity contribution in [1.29, 1.82) is 0 Å².